The lowest BCUT2D eigenvalue weighted by Crippen LogP contribution is -2.06. The van der Waals surface area contributed by atoms with E-state index in [0.29, 0.717) is 6.61 Å². The van der Waals surface area contributed by atoms with Gasteiger partial charge in [0.05, 0.1) is 17.8 Å². The Morgan fingerprint density at radius 1 is 1.32 bits per heavy atom. The number of methoxy groups -OCH3 is 1. The molecule has 0 fully saturated rings. The summed E-state index contributed by atoms with van der Waals surface area (Å²) in [5.74, 6) is 1.49. The van der Waals surface area contributed by atoms with Crippen molar-refractivity contribution in [2.45, 2.75) is 20.1 Å². The molecule has 1 N–H and O–H groups in total. The van der Waals surface area contributed by atoms with E-state index >= 15 is 0 Å². The molecule has 0 saturated heterocycles. The number of benzene rings is 1. The SMILES string of the molecule is CNCc1ccc(OC)c(OCc2csc(C)n2)c1. The number of aryl methyl sites for hydroxylation is 1. The van der Waals surface area contributed by atoms with E-state index in [-0.39, 0.29) is 0 Å². The van der Waals surface area contributed by atoms with Gasteiger partial charge < -0.3 is 14.8 Å². The molecule has 0 bridgehead atoms. The molecule has 0 radical (unpaired) electrons. The summed E-state index contributed by atoms with van der Waals surface area (Å²) in [7, 11) is 3.57. The van der Waals surface area contributed by atoms with Crippen LogP contribution < -0.4 is 14.8 Å². The van der Waals surface area contributed by atoms with Gasteiger partial charge in [0, 0.05) is 11.9 Å². The largest absolute Gasteiger partial charge is 0.493 e. The summed E-state index contributed by atoms with van der Waals surface area (Å²) in [6, 6.07) is 5.94. The zero-order valence-corrected chi connectivity index (χ0v) is 12.2. The maximum atomic E-state index is 5.81. The van der Waals surface area contributed by atoms with Crippen molar-refractivity contribution in [1.82, 2.24) is 10.3 Å². The van der Waals surface area contributed by atoms with Crippen LogP contribution in [0.1, 0.15) is 16.3 Å². The van der Waals surface area contributed by atoms with E-state index in [4.69, 9.17) is 9.47 Å². The van der Waals surface area contributed by atoms with Crippen LogP contribution in [0.4, 0.5) is 0 Å². The van der Waals surface area contributed by atoms with Gasteiger partial charge in [-0.2, -0.15) is 0 Å². The first-order valence-corrected chi connectivity index (χ1v) is 6.96. The molecular formula is C14H18N2O2S. The highest BCUT2D eigenvalue weighted by atomic mass is 32.1. The van der Waals surface area contributed by atoms with Gasteiger partial charge >= 0.3 is 0 Å². The van der Waals surface area contributed by atoms with Gasteiger partial charge in [0.25, 0.3) is 0 Å². The molecule has 0 aliphatic carbocycles. The van der Waals surface area contributed by atoms with E-state index in [9.17, 15) is 0 Å². The molecule has 0 aliphatic rings. The molecule has 4 nitrogen and oxygen atoms in total. The highest BCUT2D eigenvalue weighted by Crippen LogP contribution is 2.28. The van der Waals surface area contributed by atoms with Crippen LogP contribution in [-0.2, 0) is 13.2 Å². The van der Waals surface area contributed by atoms with Gasteiger partial charge in [-0.05, 0) is 31.7 Å². The Hall–Kier alpha value is -1.59. The standard InChI is InChI=1S/C14H18N2O2S/c1-10-16-12(9-19-10)8-18-14-6-11(7-15-2)4-5-13(14)17-3/h4-6,9,15H,7-8H2,1-3H3. The van der Waals surface area contributed by atoms with Gasteiger partial charge in [-0.25, -0.2) is 4.98 Å². The summed E-state index contributed by atoms with van der Waals surface area (Å²) in [6.07, 6.45) is 0. The molecule has 0 unspecified atom stereocenters. The maximum absolute atomic E-state index is 5.81. The Labute approximate surface area is 117 Å². The van der Waals surface area contributed by atoms with Crippen molar-refractivity contribution in [2.75, 3.05) is 14.2 Å². The quantitative estimate of drug-likeness (QED) is 0.882. The molecule has 0 spiro atoms. The van der Waals surface area contributed by atoms with Gasteiger partial charge in [0.1, 0.15) is 6.61 Å². The van der Waals surface area contributed by atoms with Crippen LogP contribution in [0.5, 0.6) is 11.5 Å². The molecule has 0 amide bonds. The lowest BCUT2D eigenvalue weighted by Gasteiger charge is -2.11. The number of hydrogen-bond acceptors (Lipinski definition) is 5. The van der Waals surface area contributed by atoms with Crippen molar-refractivity contribution >= 4 is 11.3 Å². The molecule has 0 atom stereocenters. The number of nitrogens with zero attached hydrogens (tertiary/aromatic N) is 1. The zero-order valence-electron chi connectivity index (χ0n) is 11.4. The summed E-state index contributed by atoms with van der Waals surface area (Å²) in [5, 5.41) is 6.18. The number of aromatic nitrogens is 1. The molecule has 0 saturated carbocycles. The molecule has 2 aromatic rings. The second-order valence-electron chi connectivity index (χ2n) is 4.16. The molecule has 1 aromatic heterocycles. The first kappa shape index (κ1) is 13.8. The second-order valence-corrected chi connectivity index (χ2v) is 5.22. The van der Waals surface area contributed by atoms with Crippen molar-refractivity contribution < 1.29 is 9.47 Å². The first-order valence-electron chi connectivity index (χ1n) is 6.08. The van der Waals surface area contributed by atoms with Crippen molar-refractivity contribution in [2.24, 2.45) is 0 Å². The average Bonchev–Trinajstić information content (AvgIpc) is 2.83. The Morgan fingerprint density at radius 3 is 2.79 bits per heavy atom. The van der Waals surface area contributed by atoms with Crippen LogP contribution in [-0.4, -0.2) is 19.1 Å². The third-order valence-corrected chi connectivity index (χ3v) is 3.47. The number of hydrogen-bond donors (Lipinski definition) is 1. The number of thiazole rings is 1. The normalized spacial score (nSPS) is 10.5. The van der Waals surface area contributed by atoms with E-state index in [1.54, 1.807) is 18.4 Å². The third-order valence-electron chi connectivity index (χ3n) is 2.65. The summed E-state index contributed by atoms with van der Waals surface area (Å²) in [4.78, 5) is 4.38. The Morgan fingerprint density at radius 2 is 2.16 bits per heavy atom. The summed E-state index contributed by atoms with van der Waals surface area (Å²) < 4.78 is 11.1. The summed E-state index contributed by atoms with van der Waals surface area (Å²) in [5.41, 5.74) is 2.11. The zero-order chi connectivity index (χ0) is 13.7. The molecule has 1 aromatic carbocycles. The fourth-order valence-corrected chi connectivity index (χ4v) is 2.37. The predicted molar refractivity (Wildman–Crippen MR) is 76.9 cm³/mol. The van der Waals surface area contributed by atoms with E-state index in [1.165, 1.54) is 0 Å². The smallest absolute Gasteiger partial charge is 0.162 e. The highest BCUT2D eigenvalue weighted by molar-refractivity contribution is 7.09. The molecule has 19 heavy (non-hydrogen) atoms. The summed E-state index contributed by atoms with van der Waals surface area (Å²) >= 11 is 1.63. The van der Waals surface area contributed by atoms with E-state index in [1.807, 2.05) is 37.6 Å². The van der Waals surface area contributed by atoms with Crippen LogP contribution in [0.3, 0.4) is 0 Å². The Kier molecular flexibility index (Phi) is 4.76. The molecule has 5 heteroatoms. The number of rotatable bonds is 6. The van der Waals surface area contributed by atoms with Crippen LogP contribution in [0.25, 0.3) is 0 Å². The minimum absolute atomic E-state index is 0.462. The minimum Gasteiger partial charge on any atom is -0.493 e. The minimum atomic E-state index is 0.462. The molecular weight excluding hydrogens is 260 g/mol. The van der Waals surface area contributed by atoms with Gasteiger partial charge in [-0.3, -0.25) is 0 Å². The van der Waals surface area contributed by atoms with Gasteiger partial charge in [0.2, 0.25) is 0 Å². The monoisotopic (exact) mass is 278 g/mol. The Bertz CT molecular complexity index is 540. The number of ether oxygens (including phenoxy) is 2. The fraction of sp³-hybridized carbons (Fsp3) is 0.357. The third kappa shape index (κ3) is 3.68. The van der Waals surface area contributed by atoms with Gasteiger partial charge in [-0.15, -0.1) is 11.3 Å². The molecule has 0 aliphatic heterocycles. The summed E-state index contributed by atoms with van der Waals surface area (Å²) in [6.45, 7) is 3.25. The van der Waals surface area contributed by atoms with Crippen LogP contribution >= 0.6 is 11.3 Å². The lowest BCUT2D eigenvalue weighted by atomic mass is 10.2. The average molecular weight is 278 g/mol. The van der Waals surface area contributed by atoms with Crippen molar-refractivity contribution in [3.63, 3.8) is 0 Å². The maximum Gasteiger partial charge on any atom is 0.162 e. The lowest BCUT2D eigenvalue weighted by molar-refractivity contribution is 0.281. The molecule has 102 valence electrons. The first-order chi connectivity index (χ1) is 9.22. The predicted octanol–water partition coefficient (Wildman–Crippen LogP) is 2.76. The van der Waals surface area contributed by atoms with E-state index < -0.39 is 0 Å². The topological polar surface area (TPSA) is 43.4 Å². The molecule has 2 rings (SSSR count). The van der Waals surface area contributed by atoms with Gasteiger partial charge in [-0.1, -0.05) is 6.07 Å². The fourth-order valence-electron chi connectivity index (χ4n) is 1.77. The number of nitrogens with one attached hydrogen (secondary N) is 1. The van der Waals surface area contributed by atoms with Gasteiger partial charge in [0.15, 0.2) is 11.5 Å². The van der Waals surface area contributed by atoms with E-state index in [2.05, 4.69) is 10.3 Å². The van der Waals surface area contributed by atoms with E-state index in [0.717, 1.165) is 34.3 Å². The second kappa shape index (κ2) is 6.54. The van der Waals surface area contributed by atoms with Crippen LogP contribution in [0, 0.1) is 6.92 Å². The van der Waals surface area contributed by atoms with Crippen molar-refractivity contribution in [3.8, 4) is 11.5 Å². The van der Waals surface area contributed by atoms with Crippen molar-refractivity contribution in [1.29, 1.82) is 0 Å². The van der Waals surface area contributed by atoms with Crippen LogP contribution in [0.2, 0.25) is 0 Å². The molecule has 1 heterocycles. The highest BCUT2D eigenvalue weighted by Gasteiger charge is 2.07. The Balaban J connectivity index is 2.10. The van der Waals surface area contributed by atoms with Crippen LogP contribution in [0.15, 0.2) is 23.6 Å². The van der Waals surface area contributed by atoms with Crippen molar-refractivity contribution in [3.05, 3.63) is 39.8 Å².